The lowest BCUT2D eigenvalue weighted by molar-refractivity contribution is -0.137. The topological polar surface area (TPSA) is 65.2 Å². The van der Waals surface area contributed by atoms with Crippen LogP contribution in [0.3, 0.4) is 0 Å². The largest absolute Gasteiger partial charge is 0.416 e. The van der Waals surface area contributed by atoms with Gasteiger partial charge in [0.1, 0.15) is 6.04 Å². The molecule has 1 unspecified atom stereocenters. The number of carbonyl (C=O) groups excluding carboxylic acids is 1. The van der Waals surface area contributed by atoms with E-state index in [-0.39, 0.29) is 5.91 Å². The molecule has 8 heteroatoms. The first-order chi connectivity index (χ1) is 14.9. The molecule has 5 nitrogen and oxygen atoms in total. The maximum Gasteiger partial charge on any atom is 0.416 e. The Bertz CT molecular complexity index is 686. The number of hydrogen-bond donors (Lipinski definition) is 4. The summed E-state index contributed by atoms with van der Waals surface area (Å²) >= 11 is 0. The van der Waals surface area contributed by atoms with E-state index in [0.29, 0.717) is 30.5 Å². The van der Waals surface area contributed by atoms with Crippen LogP contribution in [0.1, 0.15) is 55.7 Å². The molecule has 31 heavy (non-hydrogen) atoms. The van der Waals surface area contributed by atoms with Crippen molar-refractivity contribution in [3.63, 3.8) is 0 Å². The standard InChI is InChI=1S/C23H35F3N4O/c24-23(25,26)20-3-1-2-19(16-20)21(29-14-8-17-4-10-27-11-5-17)22(31)30-15-9-18-6-12-28-13-7-18/h1-3,16-18,21,27-29H,4-15H2,(H,30,31). The highest BCUT2D eigenvalue weighted by Crippen LogP contribution is 2.31. The van der Waals surface area contributed by atoms with E-state index in [2.05, 4.69) is 21.3 Å². The minimum absolute atomic E-state index is 0.251. The van der Waals surface area contributed by atoms with Gasteiger partial charge in [0.15, 0.2) is 0 Å². The van der Waals surface area contributed by atoms with Gasteiger partial charge < -0.3 is 21.3 Å². The molecule has 2 fully saturated rings. The van der Waals surface area contributed by atoms with Crippen LogP contribution >= 0.6 is 0 Å². The molecule has 2 aliphatic heterocycles. The third-order valence-electron chi connectivity index (χ3n) is 6.48. The minimum atomic E-state index is -4.43. The molecule has 1 aromatic rings. The zero-order valence-electron chi connectivity index (χ0n) is 18.1. The number of benzene rings is 1. The van der Waals surface area contributed by atoms with Crippen molar-refractivity contribution in [1.29, 1.82) is 0 Å². The fraction of sp³-hybridized carbons (Fsp3) is 0.696. The Hall–Kier alpha value is -1.64. The number of alkyl halides is 3. The summed E-state index contributed by atoms with van der Waals surface area (Å²) in [4.78, 5) is 13.0. The van der Waals surface area contributed by atoms with Crippen molar-refractivity contribution < 1.29 is 18.0 Å². The van der Waals surface area contributed by atoms with E-state index in [4.69, 9.17) is 0 Å². The second kappa shape index (κ2) is 11.8. The van der Waals surface area contributed by atoms with Crippen molar-refractivity contribution in [3.8, 4) is 0 Å². The molecule has 1 amide bonds. The third-order valence-corrected chi connectivity index (χ3v) is 6.48. The SMILES string of the molecule is O=C(NCCC1CCNCC1)C(NCCC1CCNCC1)c1cccc(C(F)(F)F)c1. The highest BCUT2D eigenvalue weighted by atomic mass is 19.4. The zero-order valence-corrected chi connectivity index (χ0v) is 18.1. The van der Waals surface area contributed by atoms with E-state index in [1.807, 2.05) is 0 Å². The van der Waals surface area contributed by atoms with Crippen molar-refractivity contribution in [2.24, 2.45) is 11.8 Å². The molecule has 2 saturated heterocycles. The van der Waals surface area contributed by atoms with Crippen LogP contribution in [0.25, 0.3) is 0 Å². The zero-order chi connectivity index (χ0) is 22.1. The predicted molar refractivity (Wildman–Crippen MR) is 116 cm³/mol. The van der Waals surface area contributed by atoms with E-state index < -0.39 is 17.8 Å². The van der Waals surface area contributed by atoms with E-state index >= 15 is 0 Å². The molecule has 0 spiro atoms. The summed E-state index contributed by atoms with van der Waals surface area (Å²) in [5.74, 6) is 0.916. The van der Waals surface area contributed by atoms with E-state index in [0.717, 1.165) is 76.8 Å². The van der Waals surface area contributed by atoms with Crippen molar-refractivity contribution >= 4 is 5.91 Å². The number of carbonyl (C=O) groups is 1. The maximum absolute atomic E-state index is 13.2. The van der Waals surface area contributed by atoms with Gasteiger partial charge in [0.25, 0.3) is 0 Å². The normalized spacial score (nSPS) is 19.8. The van der Waals surface area contributed by atoms with Gasteiger partial charge in [0.2, 0.25) is 5.91 Å². The van der Waals surface area contributed by atoms with Gasteiger partial charge >= 0.3 is 6.18 Å². The van der Waals surface area contributed by atoms with E-state index in [9.17, 15) is 18.0 Å². The molecule has 2 aliphatic rings. The Balaban J connectivity index is 1.60. The number of rotatable bonds is 9. The van der Waals surface area contributed by atoms with Crippen LogP contribution in [-0.4, -0.2) is 45.2 Å². The number of halogens is 3. The summed E-state index contributed by atoms with van der Waals surface area (Å²) in [5, 5.41) is 12.9. The molecule has 174 valence electrons. The van der Waals surface area contributed by atoms with E-state index in [1.165, 1.54) is 6.07 Å². The molecule has 0 saturated carbocycles. The summed E-state index contributed by atoms with van der Waals surface area (Å²) in [7, 11) is 0. The van der Waals surface area contributed by atoms with Crippen molar-refractivity contribution in [2.45, 2.75) is 50.7 Å². The molecule has 0 bridgehead atoms. The molecule has 2 heterocycles. The molecule has 0 radical (unpaired) electrons. The van der Waals surface area contributed by atoms with Gasteiger partial charge in [-0.15, -0.1) is 0 Å². The number of piperidine rings is 2. The van der Waals surface area contributed by atoms with Gasteiger partial charge in [-0.05, 0) is 101 Å². The molecular formula is C23H35F3N4O. The van der Waals surface area contributed by atoms with Gasteiger partial charge in [0.05, 0.1) is 5.56 Å². The Morgan fingerprint density at radius 2 is 1.55 bits per heavy atom. The minimum Gasteiger partial charge on any atom is -0.354 e. The lowest BCUT2D eigenvalue weighted by Crippen LogP contribution is -2.40. The molecule has 4 N–H and O–H groups in total. The predicted octanol–water partition coefficient (Wildman–Crippen LogP) is 3.23. The molecule has 0 aromatic heterocycles. The molecule has 1 aromatic carbocycles. The van der Waals surface area contributed by atoms with Gasteiger partial charge in [-0.3, -0.25) is 4.79 Å². The Kier molecular flexibility index (Phi) is 9.16. The Morgan fingerprint density at radius 3 is 2.13 bits per heavy atom. The molecular weight excluding hydrogens is 405 g/mol. The average molecular weight is 441 g/mol. The summed E-state index contributed by atoms with van der Waals surface area (Å²) in [6, 6.07) is 4.34. The second-order valence-electron chi connectivity index (χ2n) is 8.77. The summed E-state index contributed by atoms with van der Waals surface area (Å²) in [5.41, 5.74) is -0.364. The van der Waals surface area contributed by atoms with Crippen LogP contribution in [0.15, 0.2) is 24.3 Å². The van der Waals surface area contributed by atoms with Gasteiger partial charge in [-0.2, -0.15) is 13.2 Å². The number of nitrogens with one attached hydrogen (secondary N) is 4. The molecule has 3 rings (SSSR count). The van der Waals surface area contributed by atoms with Crippen LogP contribution in [0.2, 0.25) is 0 Å². The number of amides is 1. The first-order valence-electron chi connectivity index (χ1n) is 11.5. The fourth-order valence-corrected chi connectivity index (χ4v) is 4.53. The van der Waals surface area contributed by atoms with Crippen molar-refractivity contribution in [3.05, 3.63) is 35.4 Å². The fourth-order valence-electron chi connectivity index (χ4n) is 4.53. The van der Waals surface area contributed by atoms with Gasteiger partial charge in [-0.25, -0.2) is 0 Å². The van der Waals surface area contributed by atoms with Gasteiger partial charge in [-0.1, -0.05) is 12.1 Å². The molecule has 0 aliphatic carbocycles. The van der Waals surface area contributed by atoms with Crippen LogP contribution in [-0.2, 0) is 11.0 Å². The lowest BCUT2D eigenvalue weighted by Gasteiger charge is -2.25. The Morgan fingerprint density at radius 1 is 0.968 bits per heavy atom. The first-order valence-corrected chi connectivity index (χ1v) is 11.5. The lowest BCUT2D eigenvalue weighted by atomic mass is 9.94. The average Bonchev–Trinajstić information content (AvgIpc) is 2.77. The van der Waals surface area contributed by atoms with Crippen LogP contribution < -0.4 is 21.3 Å². The van der Waals surface area contributed by atoms with Crippen LogP contribution in [0, 0.1) is 11.8 Å². The maximum atomic E-state index is 13.2. The first kappa shape index (κ1) is 24.0. The third kappa shape index (κ3) is 7.77. The van der Waals surface area contributed by atoms with Crippen LogP contribution in [0.4, 0.5) is 13.2 Å². The smallest absolute Gasteiger partial charge is 0.354 e. The molecule has 1 atom stereocenters. The monoisotopic (exact) mass is 440 g/mol. The van der Waals surface area contributed by atoms with Crippen molar-refractivity contribution in [1.82, 2.24) is 21.3 Å². The highest BCUT2D eigenvalue weighted by molar-refractivity contribution is 5.83. The van der Waals surface area contributed by atoms with Crippen molar-refractivity contribution in [2.75, 3.05) is 39.3 Å². The highest BCUT2D eigenvalue weighted by Gasteiger charge is 2.32. The quantitative estimate of drug-likeness (QED) is 0.476. The van der Waals surface area contributed by atoms with Gasteiger partial charge in [0, 0.05) is 6.54 Å². The van der Waals surface area contributed by atoms with E-state index in [1.54, 1.807) is 6.07 Å². The summed E-state index contributed by atoms with van der Waals surface area (Å²) in [6.07, 6.45) is 1.78. The second-order valence-corrected chi connectivity index (χ2v) is 8.77. The summed E-state index contributed by atoms with van der Waals surface area (Å²) in [6.45, 7) is 5.16. The van der Waals surface area contributed by atoms with Crippen LogP contribution in [0.5, 0.6) is 0 Å². The summed E-state index contributed by atoms with van der Waals surface area (Å²) < 4.78 is 39.6. The Labute approximate surface area is 182 Å². The number of hydrogen-bond acceptors (Lipinski definition) is 4.